The Morgan fingerprint density at radius 2 is 1.72 bits per heavy atom. The maximum atomic E-state index is 13.0. The van der Waals surface area contributed by atoms with Crippen LogP contribution in [0.4, 0.5) is 21.5 Å². The van der Waals surface area contributed by atoms with E-state index in [1.54, 1.807) is 6.07 Å². The van der Waals surface area contributed by atoms with Crippen LogP contribution in [0, 0.1) is 19.7 Å². The second kappa shape index (κ2) is 4.98. The SMILES string of the molecule is Cc1cc(Br)cc(C)c1Nc1ccc(F)cc1N. The molecular formula is C14H14BrFN2. The van der Waals surface area contributed by atoms with E-state index in [0.29, 0.717) is 11.4 Å². The smallest absolute Gasteiger partial charge is 0.125 e. The van der Waals surface area contributed by atoms with Crippen LogP contribution in [-0.2, 0) is 0 Å². The average molecular weight is 309 g/mol. The summed E-state index contributed by atoms with van der Waals surface area (Å²) in [6, 6.07) is 8.39. The third kappa shape index (κ3) is 2.64. The Labute approximate surface area is 114 Å². The Balaban J connectivity index is 2.40. The maximum absolute atomic E-state index is 13.0. The van der Waals surface area contributed by atoms with E-state index in [4.69, 9.17) is 5.73 Å². The van der Waals surface area contributed by atoms with Gasteiger partial charge >= 0.3 is 0 Å². The summed E-state index contributed by atoms with van der Waals surface area (Å²) in [7, 11) is 0. The highest BCUT2D eigenvalue weighted by Gasteiger charge is 2.07. The van der Waals surface area contributed by atoms with Crippen LogP contribution in [0.25, 0.3) is 0 Å². The zero-order valence-electron chi connectivity index (χ0n) is 10.2. The summed E-state index contributed by atoms with van der Waals surface area (Å²) >= 11 is 3.45. The third-order valence-electron chi connectivity index (χ3n) is 2.77. The number of rotatable bonds is 2. The third-order valence-corrected chi connectivity index (χ3v) is 3.23. The summed E-state index contributed by atoms with van der Waals surface area (Å²) in [5, 5.41) is 3.25. The summed E-state index contributed by atoms with van der Waals surface area (Å²) in [6.07, 6.45) is 0. The van der Waals surface area contributed by atoms with Crippen molar-refractivity contribution in [2.24, 2.45) is 0 Å². The summed E-state index contributed by atoms with van der Waals surface area (Å²) in [5.41, 5.74) is 10.1. The number of hydrogen-bond acceptors (Lipinski definition) is 2. The summed E-state index contributed by atoms with van der Waals surface area (Å²) in [6.45, 7) is 4.03. The molecule has 0 unspecified atom stereocenters. The Bertz CT molecular complexity index is 573. The van der Waals surface area contributed by atoms with Crippen molar-refractivity contribution in [3.63, 3.8) is 0 Å². The number of aryl methyl sites for hydroxylation is 2. The van der Waals surface area contributed by atoms with Crippen molar-refractivity contribution < 1.29 is 4.39 Å². The van der Waals surface area contributed by atoms with E-state index < -0.39 is 0 Å². The molecule has 0 aliphatic heterocycles. The van der Waals surface area contributed by atoms with Gasteiger partial charge in [0.1, 0.15) is 5.82 Å². The fraction of sp³-hybridized carbons (Fsp3) is 0.143. The molecule has 0 bridgehead atoms. The highest BCUT2D eigenvalue weighted by molar-refractivity contribution is 9.10. The molecule has 0 aromatic heterocycles. The molecule has 0 fully saturated rings. The molecule has 0 aliphatic rings. The Morgan fingerprint density at radius 3 is 2.28 bits per heavy atom. The molecule has 0 saturated carbocycles. The number of nitrogens with two attached hydrogens (primary N) is 1. The van der Waals surface area contributed by atoms with Gasteiger partial charge in [0.2, 0.25) is 0 Å². The molecule has 0 radical (unpaired) electrons. The number of anilines is 3. The van der Waals surface area contributed by atoms with Crippen LogP contribution in [0.3, 0.4) is 0 Å². The molecular weight excluding hydrogens is 295 g/mol. The normalized spacial score (nSPS) is 10.4. The van der Waals surface area contributed by atoms with Gasteiger partial charge in [-0.25, -0.2) is 4.39 Å². The lowest BCUT2D eigenvalue weighted by Gasteiger charge is -2.15. The van der Waals surface area contributed by atoms with Crippen LogP contribution in [0.2, 0.25) is 0 Å². The van der Waals surface area contributed by atoms with Gasteiger partial charge in [0, 0.05) is 10.2 Å². The number of benzene rings is 2. The molecule has 2 aromatic rings. The van der Waals surface area contributed by atoms with E-state index in [1.165, 1.54) is 12.1 Å². The van der Waals surface area contributed by atoms with Crippen LogP contribution in [-0.4, -0.2) is 0 Å². The minimum atomic E-state index is -0.331. The quantitative estimate of drug-likeness (QED) is 0.800. The van der Waals surface area contributed by atoms with E-state index in [1.807, 2.05) is 26.0 Å². The molecule has 0 aliphatic carbocycles. The molecule has 2 rings (SSSR count). The summed E-state index contributed by atoms with van der Waals surface area (Å²) in [4.78, 5) is 0. The first-order valence-corrected chi connectivity index (χ1v) is 6.35. The van der Waals surface area contributed by atoms with Crippen molar-refractivity contribution in [3.8, 4) is 0 Å². The Kier molecular flexibility index (Phi) is 3.57. The van der Waals surface area contributed by atoms with Crippen molar-refractivity contribution in [1.29, 1.82) is 0 Å². The van der Waals surface area contributed by atoms with Crippen molar-refractivity contribution >= 4 is 33.0 Å². The van der Waals surface area contributed by atoms with Crippen molar-refractivity contribution in [2.45, 2.75) is 13.8 Å². The zero-order valence-corrected chi connectivity index (χ0v) is 11.8. The van der Waals surface area contributed by atoms with E-state index in [0.717, 1.165) is 21.3 Å². The molecule has 3 N–H and O–H groups in total. The molecule has 18 heavy (non-hydrogen) atoms. The number of hydrogen-bond donors (Lipinski definition) is 2. The van der Waals surface area contributed by atoms with Crippen LogP contribution in [0.1, 0.15) is 11.1 Å². The molecule has 2 aromatic carbocycles. The summed E-state index contributed by atoms with van der Waals surface area (Å²) < 4.78 is 14.0. The predicted molar refractivity (Wildman–Crippen MR) is 77.7 cm³/mol. The van der Waals surface area contributed by atoms with Gasteiger partial charge in [-0.15, -0.1) is 0 Å². The van der Waals surface area contributed by atoms with Crippen molar-refractivity contribution in [1.82, 2.24) is 0 Å². The molecule has 94 valence electrons. The average Bonchev–Trinajstić information content (AvgIpc) is 2.25. The maximum Gasteiger partial charge on any atom is 0.125 e. The molecule has 0 saturated heterocycles. The fourth-order valence-electron chi connectivity index (χ4n) is 1.89. The first-order chi connectivity index (χ1) is 8.47. The molecule has 0 amide bonds. The summed E-state index contributed by atoms with van der Waals surface area (Å²) in [5.74, 6) is -0.331. The first kappa shape index (κ1) is 12.9. The molecule has 2 nitrogen and oxygen atoms in total. The zero-order chi connectivity index (χ0) is 13.3. The van der Waals surface area contributed by atoms with Crippen LogP contribution in [0.5, 0.6) is 0 Å². The topological polar surface area (TPSA) is 38.0 Å². The largest absolute Gasteiger partial charge is 0.397 e. The lowest BCUT2D eigenvalue weighted by Crippen LogP contribution is -2.00. The minimum absolute atomic E-state index is 0.331. The molecule has 0 atom stereocenters. The first-order valence-electron chi connectivity index (χ1n) is 5.56. The molecule has 0 heterocycles. The van der Waals surface area contributed by atoms with E-state index in [9.17, 15) is 4.39 Å². The lowest BCUT2D eigenvalue weighted by molar-refractivity contribution is 0.628. The lowest BCUT2D eigenvalue weighted by atomic mass is 10.1. The minimum Gasteiger partial charge on any atom is -0.397 e. The van der Waals surface area contributed by atoms with Gasteiger partial charge < -0.3 is 11.1 Å². The van der Waals surface area contributed by atoms with Gasteiger partial charge in [-0.3, -0.25) is 0 Å². The monoisotopic (exact) mass is 308 g/mol. The van der Waals surface area contributed by atoms with Gasteiger partial charge in [0.05, 0.1) is 11.4 Å². The highest BCUT2D eigenvalue weighted by Crippen LogP contribution is 2.30. The number of nitrogens with one attached hydrogen (secondary N) is 1. The van der Waals surface area contributed by atoms with Gasteiger partial charge in [0.25, 0.3) is 0 Å². The number of halogens is 2. The standard InChI is InChI=1S/C14H14BrFN2/c1-8-5-10(15)6-9(2)14(8)18-13-4-3-11(16)7-12(13)17/h3-7,18H,17H2,1-2H3. The van der Waals surface area contributed by atoms with E-state index >= 15 is 0 Å². The fourth-order valence-corrected chi connectivity index (χ4v) is 2.58. The highest BCUT2D eigenvalue weighted by atomic mass is 79.9. The predicted octanol–water partition coefficient (Wildman–Crippen LogP) is 4.53. The van der Waals surface area contributed by atoms with Crippen molar-refractivity contribution in [3.05, 3.63) is 51.7 Å². The van der Waals surface area contributed by atoms with Crippen LogP contribution in [0.15, 0.2) is 34.8 Å². The second-order valence-electron chi connectivity index (χ2n) is 4.27. The molecule has 4 heteroatoms. The number of nitrogen functional groups attached to an aromatic ring is 1. The van der Waals surface area contributed by atoms with Gasteiger partial charge in [-0.1, -0.05) is 15.9 Å². The van der Waals surface area contributed by atoms with Gasteiger partial charge in [-0.05, 0) is 55.3 Å². The second-order valence-corrected chi connectivity index (χ2v) is 5.19. The van der Waals surface area contributed by atoms with E-state index in [-0.39, 0.29) is 5.82 Å². The van der Waals surface area contributed by atoms with Crippen molar-refractivity contribution in [2.75, 3.05) is 11.1 Å². The van der Waals surface area contributed by atoms with Crippen LogP contribution < -0.4 is 11.1 Å². The molecule has 0 spiro atoms. The Hall–Kier alpha value is -1.55. The van der Waals surface area contributed by atoms with Gasteiger partial charge in [0.15, 0.2) is 0 Å². The van der Waals surface area contributed by atoms with Gasteiger partial charge in [-0.2, -0.15) is 0 Å². The Morgan fingerprint density at radius 1 is 1.11 bits per heavy atom. The van der Waals surface area contributed by atoms with Crippen LogP contribution >= 0.6 is 15.9 Å². The van der Waals surface area contributed by atoms with E-state index in [2.05, 4.69) is 21.2 Å².